The summed E-state index contributed by atoms with van der Waals surface area (Å²) in [6.07, 6.45) is 4.38. The number of sulfonamides is 1. The van der Waals surface area contributed by atoms with Crippen molar-refractivity contribution in [3.05, 3.63) is 63.9 Å². The molecule has 0 radical (unpaired) electrons. The van der Waals surface area contributed by atoms with E-state index in [1.165, 1.54) is 18.2 Å². The molecule has 0 bridgehead atoms. The summed E-state index contributed by atoms with van der Waals surface area (Å²) in [6.45, 7) is 6.12. The fraction of sp³-hybridized carbons (Fsp3) is 0.444. The summed E-state index contributed by atoms with van der Waals surface area (Å²) in [5.74, 6) is -0.832. The lowest BCUT2D eigenvalue weighted by Crippen LogP contribution is -2.32. The number of benzene rings is 2. The van der Waals surface area contributed by atoms with Crippen molar-refractivity contribution >= 4 is 55.4 Å². The zero-order valence-corrected chi connectivity index (χ0v) is 25.3. The van der Waals surface area contributed by atoms with Crippen molar-refractivity contribution in [3.63, 3.8) is 0 Å². The third-order valence-electron chi connectivity index (χ3n) is 6.50. The summed E-state index contributed by atoms with van der Waals surface area (Å²) in [5.41, 5.74) is 2.21. The van der Waals surface area contributed by atoms with E-state index in [4.69, 9.17) is 11.6 Å². The number of aromatic nitrogens is 2. The van der Waals surface area contributed by atoms with Crippen LogP contribution < -0.4 is 4.72 Å². The summed E-state index contributed by atoms with van der Waals surface area (Å²) in [6, 6.07) is 9.39. The van der Waals surface area contributed by atoms with E-state index in [0.29, 0.717) is 35.3 Å². The van der Waals surface area contributed by atoms with Gasteiger partial charge in [-0.3, -0.25) is 9.59 Å². The summed E-state index contributed by atoms with van der Waals surface area (Å²) in [7, 11) is -6.83. The Morgan fingerprint density at radius 1 is 1.00 bits per heavy atom. The average molecular weight is 611 g/mol. The van der Waals surface area contributed by atoms with Gasteiger partial charge in [0.25, 0.3) is 11.8 Å². The maximum absolute atomic E-state index is 12.9. The maximum atomic E-state index is 12.9. The molecule has 0 aliphatic carbocycles. The molecule has 0 atom stereocenters. The van der Waals surface area contributed by atoms with Crippen LogP contribution in [0.4, 0.5) is 0 Å². The number of halogens is 1. The van der Waals surface area contributed by atoms with Gasteiger partial charge in [0.1, 0.15) is 5.82 Å². The van der Waals surface area contributed by atoms with Crippen LogP contribution in [-0.2, 0) is 27.5 Å². The minimum atomic E-state index is -3.75. The number of unbranched alkanes of at least 4 members (excludes halogenated alkanes) is 4. The Morgan fingerprint density at radius 3 is 2.33 bits per heavy atom. The highest BCUT2D eigenvalue weighted by Gasteiger charge is 2.20. The number of aryl methyl sites for hydroxylation is 1. The van der Waals surface area contributed by atoms with Gasteiger partial charge in [-0.2, -0.15) is 0 Å². The first-order chi connectivity index (χ1) is 19.0. The van der Waals surface area contributed by atoms with E-state index in [2.05, 4.69) is 9.71 Å². The smallest absolute Gasteiger partial charge is 0.267 e. The quantitative estimate of drug-likeness (QED) is 0.203. The van der Waals surface area contributed by atoms with Crippen LogP contribution >= 0.6 is 11.6 Å². The van der Waals surface area contributed by atoms with Crippen molar-refractivity contribution in [3.8, 4) is 0 Å². The molecule has 0 unspecified atom stereocenters. The molecule has 0 saturated carbocycles. The molecule has 40 heavy (non-hydrogen) atoms. The van der Waals surface area contributed by atoms with Gasteiger partial charge in [-0.25, -0.2) is 30.8 Å². The number of hydrogen-bond acceptors (Lipinski definition) is 7. The summed E-state index contributed by atoms with van der Waals surface area (Å²) < 4.78 is 52.8. The van der Waals surface area contributed by atoms with E-state index in [9.17, 15) is 26.4 Å². The van der Waals surface area contributed by atoms with Crippen LogP contribution in [0.2, 0.25) is 5.02 Å². The van der Waals surface area contributed by atoms with Gasteiger partial charge in [0.2, 0.25) is 20.9 Å². The van der Waals surface area contributed by atoms with Crippen LogP contribution in [0, 0.1) is 6.92 Å². The Hall–Kier alpha value is -2.96. The number of fused-ring (bicyclic) bond motifs is 1. The van der Waals surface area contributed by atoms with Gasteiger partial charge >= 0.3 is 0 Å². The molecule has 1 aromatic heterocycles. The second kappa shape index (κ2) is 14.1. The SMILES string of the molecule is CCCCCN(C(=O)c1ccc(Cn2c(C)nc3ccc(C(=O)NS(=O)(=O)CCCCC)cc32)c(Cl)c1)[SH](=O)=O. The van der Waals surface area contributed by atoms with E-state index < -0.39 is 32.7 Å². The molecule has 218 valence electrons. The predicted octanol–water partition coefficient (Wildman–Crippen LogP) is 4.46. The van der Waals surface area contributed by atoms with E-state index in [-0.39, 0.29) is 35.0 Å². The van der Waals surface area contributed by atoms with Crippen molar-refractivity contribution in [2.75, 3.05) is 12.3 Å². The van der Waals surface area contributed by atoms with Crippen molar-refractivity contribution in [2.45, 2.75) is 65.8 Å². The molecule has 0 fully saturated rings. The minimum absolute atomic E-state index is 0.112. The highest BCUT2D eigenvalue weighted by molar-refractivity contribution is 7.90. The number of carbonyl (C=O) groups excluding carboxylic acids is 2. The number of thiol groups is 1. The molecular weight excluding hydrogens is 576 g/mol. The average Bonchev–Trinajstić information content (AvgIpc) is 3.21. The summed E-state index contributed by atoms with van der Waals surface area (Å²) >= 11 is 6.53. The van der Waals surface area contributed by atoms with Crippen molar-refractivity contribution in [1.82, 2.24) is 18.6 Å². The maximum Gasteiger partial charge on any atom is 0.267 e. The summed E-state index contributed by atoms with van der Waals surface area (Å²) in [4.78, 5) is 30.1. The van der Waals surface area contributed by atoms with Crippen molar-refractivity contribution in [2.24, 2.45) is 0 Å². The van der Waals surface area contributed by atoms with Gasteiger partial charge < -0.3 is 4.57 Å². The first kappa shape index (κ1) is 31.6. The monoisotopic (exact) mass is 610 g/mol. The van der Waals surface area contributed by atoms with Crippen LogP contribution in [0.5, 0.6) is 0 Å². The van der Waals surface area contributed by atoms with Crippen LogP contribution in [0.3, 0.4) is 0 Å². The van der Waals surface area contributed by atoms with Gasteiger partial charge in [0, 0.05) is 22.7 Å². The lowest BCUT2D eigenvalue weighted by atomic mass is 10.1. The van der Waals surface area contributed by atoms with Crippen LogP contribution in [0.1, 0.15) is 84.5 Å². The van der Waals surface area contributed by atoms with Crippen molar-refractivity contribution in [1.29, 1.82) is 0 Å². The van der Waals surface area contributed by atoms with Gasteiger partial charge in [-0.1, -0.05) is 57.2 Å². The number of imidazole rings is 1. The molecule has 3 rings (SSSR count). The molecule has 2 aromatic carbocycles. The lowest BCUT2D eigenvalue weighted by Gasteiger charge is -2.16. The molecule has 0 aliphatic heterocycles. The fourth-order valence-corrected chi connectivity index (χ4v) is 6.17. The minimum Gasteiger partial charge on any atom is -0.324 e. The molecule has 13 heteroatoms. The van der Waals surface area contributed by atoms with Crippen LogP contribution in [0.15, 0.2) is 36.4 Å². The predicted molar refractivity (Wildman–Crippen MR) is 157 cm³/mol. The fourth-order valence-electron chi connectivity index (χ4n) is 4.27. The van der Waals surface area contributed by atoms with Crippen LogP contribution in [-0.4, -0.2) is 54.8 Å². The Labute approximate surface area is 241 Å². The number of rotatable bonds is 14. The molecule has 10 nitrogen and oxygen atoms in total. The Bertz CT molecular complexity index is 1560. The molecular formula is C27H35ClN4O6S2. The first-order valence-electron chi connectivity index (χ1n) is 13.2. The van der Waals surface area contributed by atoms with Crippen molar-refractivity contribution < 1.29 is 26.4 Å². The summed E-state index contributed by atoms with van der Waals surface area (Å²) in [5, 5.41) is 0.272. The molecule has 0 saturated heterocycles. The topological polar surface area (TPSA) is 136 Å². The first-order valence-corrected chi connectivity index (χ1v) is 16.4. The molecule has 2 amide bonds. The number of carbonyl (C=O) groups is 2. The van der Waals surface area contributed by atoms with Gasteiger partial charge in [0.15, 0.2) is 0 Å². The van der Waals surface area contributed by atoms with E-state index in [1.54, 1.807) is 25.1 Å². The number of nitrogens with zero attached hydrogens (tertiary/aromatic N) is 3. The van der Waals surface area contributed by atoms with Gasteiger partial charge in [-0.15, -0.1) is 0 Å². The Morgan fingerprint density at radius 2 is 1.68 bits per heavy atom. The highest BCUT2D eigenvalue weighted by Crippen LogP contribution is 2.24. The molecule has 3 aromatic rings. The number of hydrogen-bond donors (Lipinski definition) is 2. The standard InChI is InChI=1S/C27H35ClN4O6S2/c1-4-6-8-14-32(39(35)36)27(34)21-10-11-22(23(28)16-21)18-31-19(3)29-24-13-12-20(17-25(24)31)26(33)30-40(37,38)15-9-7-5-2/h10-13,16-17,39H,4-9,14-15,18H2,1-3H3,(H,30,33). The largest absolute Gasteiger partial charge is 0.324 e. The van der Waals surface area contributed by atoms with Gasteiger partial charge in [-0.05, 0) is 55.7 Å². The third kappa shape index (κ3) is 8.05. The van der Waals surface area contributed by atoms with Crippen LogP contribution in [0.25, 0.3) is 11.0 Å². The lowest BCUT2D eigenvalue weighted by molar-refractivity contribution is 0.0863. The second-order valence-corrected chi connectivity index (χ2v) is 12.8. The Kier molecular flexibility index (Phi) is 11.1. The van der Waals surface area contributed by atoms with Gasteiger partial charge in [0.05, 0.1) is 23.3 Å². The second-order valence-electron chi connectivity index (χ2n) is 9.59. The zero-order valence-electron chi connectivity index (χ0n) is 22.9. The van der Waals surface area contributed by atoms with E-state index in [0.717, 1.165) is 30.0 Å². The normalized spacial score (nSPS) is 11.7. The van der Waals surface area contributed by atoms with E-state index in [1.807, 2.05) is 18.4 Å². The Balaban J connectivity index is 1.84. The molecule has 1 N–H and O–H groups in total. The number of nitrogens with one attached hydrogen (secondary N) is 1. The molecule has 1 heterocycles. The molecule has 0 aliphatic rings. The zero-order chi connectivity index (χ0) is 29.4. The molecule has 0 spiro atoms. The third-order valence-corrected chi connectivity index (χ3v) is 8.95. The van der Waals surface area contributed by atoms with E-state index >= 15 is 0 Å². The number of amides is 2. The highest BCUT2D eigenvalue weighted by atomic mass is 35.5.